The summed E-state index contributed by atoms with van der Waals surface area (Å²) in [6.07, 6.45) is 0. The summed E-state index contributed by atoms with van der Waals surface area (Å²) in [5, 5.41) is 18.2. The lowest BCUT2D eigenvalue weighted by molar-refractivity contribution is -0.107. The van der Waals surface area contributed by atoms with E-state index in [9.17, 15) is 4.57 Å². The van der Waals surface area contributed by atoms with Crippen LogP contribution in [0.4, 0.5) is 0 Å². The van der Waals surface area contributed by atoms with Crippen LogP contribution in [0.25, 0.3) is 0 Å². The molecule has 1 aliphatic heterocycles. The van der Waals surface area contributed by atoms with Crippen molar-refractivity contribution in [1.29, 1.82) is 0 Å². The minimum Gasteiger partial charge on any atom is -0.387 e. The second kappa shape index (κ2) is 5.28. The smallest absolute Gasteiger partial charge is 0.387 e. The SMILES string of the molecule is CC(C)(O)C(C)(C)O.CC1(C)OP(=O)(Cl)OC1(C)C. The lowest BCUT2D eigenvalue weighted by Crippen LogP contribution is -2.44. The quantitative estimate of drug-likeness (QED) is 0.724. The van der Waals surface area contributed by atoms with Crippen LogP contribution in [0, 0.1) is 0 Å². The van der Waals surface area contributed by atoms with Crippen LogP contribution in [-0.2, 0) is 13.6 Å². The summed E-state index contributed by atoms with van der Waals surface area (Å²) in [6.45, 7) is 10.2. The lowest BCUT2D eigenvalue weighted by Gasteiger charge is -2.31. The monoisotopic (exact) mass is 316 g/mol. The first-order chi connectivity index (χ1) is 7.91. The zero-order valence-electron chi connectivity index (χ0n) is 12.9. The van der Waals surface area contributed by atoms with Crippen molar-refractivity contribution in [3.05, 3.63) is 0 Å². The van der Waals surface area contributed by atoms with Crippen molar-refractivity contribution in [2.24, 2.45) is 0 Å². The van der Waals surface area contributed by atoms with Gasteiger partial charge in [-0.25, -0.2) is 4.57 Å². The molecule has 0 aromatic rings. The molecule has 0 aliphatic carbocycles. The third-order valence-corrected chi connectivity index (χ3v) is 5.38. The van der Waals surface area contributed by atoms with E-state index in [1.807, 2.05) is 0 Å². The zero-order valence-corrected chi connectivity index (χ0v) is 14.6. The van der Waals surface area contributed by atoms with Crippen LogP contribution in [-0.4, -0.2) is 32.6 Å². The molecule has 2 N–H and O–H groups in total. The first kappa shape index (κ1) is 19.4. The number of hydrogen-bond donors (Lipinski definition) is 2. The molecule has 19 heavy (non-hydrogen) atoms. The Bertz CT molecular complexity index is 333. The molecule has 1 saturated heterocycles. The van der Waals surface area contributed by atoms with Gasteiger partial charge in [-0.15, -0.1) is 0 Å². The molecular weight excluding hydrogens is 291 g/mol. The van der Waals surface area contributed by atoms with Crippen LogP contribution < -0.4 is 0 Å². The van der Waals surface area contributed by atoms with Gasteiger partial charge in [0.1, 0.15) is 11.2 Å². The molecular formula is C12H26ClO5P. The summed E-state index contributed by atoms with van der Waals surface area (Å²) >= 11 is 5.45. The summed E-state index contributed by atoms with van der Waals surface area (Å²) in [7, 11) is 0. The van der Waals surface area contributed by atoms with Gasteiger partial charge >= 0.3 is 6.95 Å². The van der Waals surface area contributed by atoms with Crippen molar-refractivity contribution < 1.29 is 23.8 Å². The molecule has 0 radical (unpaired) electrons. The third-order valence-electron chi connectivity index (χ3n) is 3.62. The molecule has 1 rings (SSSR count). The van der Waals surface area contributed by atoms with Gasteiger partial charge in [-0.05, 0) is 55.4 Å². The van der Waals surface area contributed by atoms with Gasteiger partial charge in [0, 0.05) is 11.2 Å². The zero-order chi connectivity index (χ0) is 15.9. The lowest BCUT2D eigenvalue weighted by atomic mass is 9.90. The van der Waals surface area contributed by atoms with Gasteiger partial charge in [-0.2, -0.15) is 0 Å². The van der Waals surface area contributed by atoms with E-state index in [-0.39, 0.29) is 0 Å². The molecule has 0 aromatic carbocycles. The van der Waals surface area contributed by atoms with Crippen molar-refractivity contribution in [1.82, 2.24) is 0 Å². The highest BCUT2D eigenvalue weighted by Gasteiger charge is 2.54. The first-order valence-electron chi connectivity index (χ1n) is 6.07. The van der Waals surface area contributed by atoms with E-state index in [1.165, 1.54) is 0 Å². The maximum absolute atomic E-state index is 11.2. The fourth-order valence-corrected chi connectivity index (χ4v) is 3.39. The molecule has 0 amide bonds. The van der Waals surface area contributed by atoms with E-state index in [4.69, 9.17) is 30.5 Å². The summed E-state index contributed by atoms with van der Waals surface area (Å²) in [5.41, 5.74) is -3.20. The molecule has 0 atom stereocenters. The van der Waals surface area contributed by atoms with Gasteiger partial charge in [-0.1, -0.05) is 0 Å². The minimum absolute atomic E-state index is 0.593. The predicted octanol–water partition coefficient (Wildman–Crippen LogP) is 3.47. The number of hydrogen-bond acceptors (Lipinski definition) is 5. The molecule has 116 valence electrons. The van der Waals surface area contributed by atoms with Crippen LogP contribution in [0.5, 0.6) is 0 Å². The van der Waals surface area contributed by atoms with Gasteiger partial charge in [0.15, 0.2) is 0 Å². The Morgan fingerprint density at radius 3 is 1.16 bits per heavy atom. The van der Waals surface area contributed by atoms with E-state index in [2.05, 4.69) is 0 Å². The average Bonchev–Trinajstić information content (AvgIpc) is 2.08. The molecule has 5 nitrogen and oxygen atoms in total. The van der Waals surface area contributed by atoms with Crippen LogP contribution in [0.1, 0.15) is 55.4 Å². The highest BCUT2D eigenvalue weighted by atomic mass is 35.7. The maximum Gasteiger partial charge on any atom is 0.425 e. The Labute approximate surface area is 120 Å². The summed E-state index contributed by atoms with van der Waals surface area (Å²) in [6, 6.07) is 0. The van der Waals surface area contributed by atoms with E-state index in [1.54, 1.807) is 55.4 Å². The normalized spacial score (nSPS) is 24.6. The predicted molar refractivity (Wildman–Crippen MR) is 76.4 cm³/mol. The molecule has 1 heterocycles. The van der Waals surface area contributed by atoms with Gasteiger partial charge in [0.2, 0.25) is 0 Å². The molecule has 0 saturated carbocycles. The Morgan fingerprint density at radius 1 is 0.895 bits per heavy atom. The Morgan fingerprint density at radius 2 is 1.11 bits per heavy atom. The fourth-order valence-electron chi connectivity index (χ4n) is 0.784. The fraction of sp³-hybridized carbons (Fsp3) is 1.00. The van der Waals surface area contributed by atoms with Crippen molar-refractivity contribution in [3.8, 4) is 0 Å². The standard InChI is InChI=1S/C6H12ClO3P.C6H14O2/c1-5(2)6(3,4)10-11(7,8)9-5;1-5(2,7)6(3,4)8/h1-4H3;7-8H,1-4H3. The van der Waals surface area contributed by atoms with Crippen LogP contribution in [0.15, 0.2) is 0 Å². The average molecular weight is 317 g/mol. The molecule has 0 unspecified atom stereocenters. The highest BCUT2D eigenvalue weighted by molar-refractivity contribution is 7.81. The van der Waals surface area contributed by atoms with Crippen LogP contribution in [0.3, 0.4) is 0 Å². The largest absolute Gasteiger partial charge is 0.425 e. The van der Waals surface area contributed by atoms with Crippen molar-refractivity contribution >= 4 is 18.2 Å². The van der Waals surface area contributed by atoms with E-state index < -0.39 is 29.4 Å². The van der Waals surface area contributed by atoms with E-state index >= 15 is 0 Å². The highest BCUT2D eigenvalue weighted by Crippen LogP contribution is 2.67. The third kappa shape index (κ3) is 5.33. The van der Waals surface area contributed by atoms with Crippen molar-refractivity contribution in [2.45, 2.75) is 77.8 Å². The first-order valence-corrected chi connectivity index (χ1v) is 8.52. The van der Waals surface area contributed by atoms with Crippen molar-refractivity contribution in [3.63, 3.8) is 0 Å². The topological polar surface area (TPSA) is 76.0 Å². The molecule has 1 fully saturated rings. The second-order valence-corrected chi connectivity index (χ2v) is 9.22. The maximum atomic E-state index is 11.2. The molecule has 7 heteroatoms. The van der Waals surface area contributed by atoms with Crippen molar-refractivity contribution in [2.75, 3.05) is 0 Å². The Kier molecular flexibility index (Phi) is 5.38. The van der Waals surface area contributed by atoms with Crippen LogP contribution in [0.2, 0.25) is 0 Å². The summed E-state index contributed by atoms with van der Waals surface area (Å²) in [4.78, 5) is 0. The Hall–Kier alpha value is 0.360. The molecule has 0 spiro atoms. The number of rotatable bonds is 1. The summed E-state index contributed by atoms with van der Waals surface area (Å²) in [5.74, 6) is 0. The molecule has 0 bridgehead atoms. The van der Waals surface area contributed by atoms with E-state index in [0.29, 0.717) is 0 Å². The molecule has 1 aliphatic rings. The number of halogens is 1. The second-order valence-electron chi connectivity index (χ2n) is 6.75. The van der Waals surface area contributed by atoms with Gasteiger partial charge in [-0.3, -0.25) is 9.05 Å². The van der Waals surface area contributed by atoms with Gasteiger partial charge in [0.05, 0.1) is 11.2 Å². The van der Waals surface area contributed by atoms with Crippen LogP contribution >= 0.6 is 18.2 Å². The Balaban J connectivity index is 0.000000362. The molecule has 0 aromatic heterocycles. The van der Waals surface area contributed by atoms with E-state index in [0.717, 1.165) is 0 Å². The number of aliphatic hydroxyl groups is 2. The van der Waals surface area contributed by atoms with Gasteiger partial charge in [0.25, 0.3) is 0 Å². The van der Waals surface area contributed by atoms with Gasteiger partial charge < -0.3 is 10.2 Å². The minimum atomic E-state index is -3.31. The summed E-state index contributed by atoms with van der Waals surface area (Å²) < 4.78 is 21.3.